The molecule has 0 radical (unpaired) electrons. The lowest BCUT2D eigenvalue weighted by molar-refractivity contribution is 0.365. The topological polar surface area (TPSA) is 25.2 Å². The molecule has 0 spiro atoms. The summed E-state index contributed by atoms with van der Waals surface area (Å²) in [5, 5.41) is 3.58. The number of rotatable bonds is 6. The van der Waals surface area contributed by atoms with Gasteiger partial charge < -0.3 is 9.73 Å². The van der Waals surface area contributed by atoms with Gasteiger partial charge in [0.15, 0.2) is 0 Å². The van der Waals surface area contributed by atoms with E-state index in [2.05, 4.69) is 45.1 Å². The van der Waals surface area contributed by atoms with Crippen LogP contribution >= 0.6 is 0 Å². The van der Waals surface area contributed by atoms with Gasteiger partial charge in [-0.1, -0.05) is 20.8 Å². The fourth-order valence-electron chi connectivity index (χ4n) is 1.78. The van der Waals surface area contributed by atoms with E-state index in [9.17, 15) is 0 Å². The number of furan rings is 1. The van der Waals surface area contributed by atoms with Crippen LogP contribution in [0, 0.1) is 0 Å². The molecule has 2 nitrogen and oxygen atoms in total. The van der Waals surface area contributed by atoms with Crippen LogP contribution in [0.15, 0.2) is 16.5 Å². The van der Waals surface area contributed by atoms with Gasteiger partial charge in [0.2, 0.25) is 0 Å². The number of nitrogens with one attached hydrogen (secondary N) is 1. The van der Waals surface area contributed by atoms with Gasteiger partial charge in [0, 0.05) is 12.5 Å². The Kier molecular flexibility index (Phi) is 4.89. The fourth-order valence-corrected chi connectivity index (χ4v) is 1.78. The molecular weight excluding hydrogens is 186 g/mol. The molecule has 1 aromatic heterocycles. The zero-order valence-corrected chi connectivity index (χ0v) is 10.3. The summed E-state index contributed by atoms with van der Waals surface area (Å²) >= 11 is 0. The second kappa shape index (κ2) is 5.96. The molecular formula is C13H23NO. The van der Waals surface area contributed by atoms with Crippen LogP contribution in [0.3, 0.4) is 0 Å². The maximum absolute atomic E-state index is 5.72. The van der Waals surface area contributed by atoms with E-state index in [-0.39, 0.29) is 0 Å². The SMILES string of the molecule is CCc1ccc(C(C)NC(CC)CC)o1. The van der Waals surface area contributed by atoms with Crippen molar-refractivity contribution in [2.45, 2.75) is 59.0 Å². The Hall–Kier alpha value is -0.760. The van der Waals surface area contributed by atoms with Crippen molar-refractivity contribution in [1.29, 1.82) is 0 Å². The van der Waals surface area contributed by atoms with Crippen LogP contribution in [0.4, 0.5) is 0 Å². The summed E-state index contributed by atoms with van der Waals surface area (Å²) in [5.41, 5.74) is 0. The van der Waals surface area contributed by atoms with Crippen molar-refractivity contribution < 1.29 is 4.42 Å². The van der Waals surface area contributed by atoms with E-state index < -0.39 is 0 Å². The van der Waals surface area contributed by atoms with Crippen molar-refractivity contribution in [2.75, 3.05) is 0 Å². The highest BCUT2D eigenvalue weighted by Gasteiger charge is 2.13. The molecule has 0 bridgehead atoms. The standard InChI is InChI=1S/C13H23NO/c1-5-11(6-2)14-10(4)13-9-8-12(7-3)15-13/h8-11,14H,5-7H2,1-4H3. The monoisotopic (exact) mass is 209 g/mol. The van der Waals surface area contributed by atoms with Gasteiger partial charge >= 0.3 is 0 Å². The molecule has 1 atom stereocenters. The summed E-state index contributed by atoms with van der Waals surface area (Å²) in [6, 6.07) is 5.06. The van der Waals surface area contributed by atoms with Gasteiger partial charge in [-0.15, -0.1) is 0 Å². The van der Waals surface area contributed by atoms with Crippen LogP contribution < -0.4 is 5.32 Å². The summed E-state index contributed by atoms with van der Waals surface area (Å²) in [7, 11) is 0. The van der Waals surface area contributed by atoms with E-state index in [0.717, 1.165) is 17.9 Å². The highest BCUT2D eigenvalue weighted by Crippen LogP contribution is 2.18. The summed E-state index contributed by atoms with van der Waals surface area (Å²) in [6.07, 6.45) is 3.31. The predicted octanol–water partition coefficient (Wildman–Crippen LogP) is 3.68. The van der Waals surface area contributed by atoms with E-state index in [1.165, 1.54) is 12.8 Å². The molecule has 1 unspecified atom stereocenters. The highest BCUT2D eigenvalue weighted by atomic mass is 16.3. The first-order valence-corrected chi connectivity index (χ1v) is 6.05. The first-order chi connectivity index (χ1) is 7.21. The maximum atomic E-state index is 5.72. The number of hydrogen-bond acceptors (Lipinski definition) is 2. The second-order valence-corrected chi connectivity index (χ2v) is 4.06. The van der Waals surface area contributed by atoms with Crippen molar-refractivity contribution in [1.82, 2.24) is 5.32 Å². The average molecular weight is 209 g/mol. The molecule has 0 amide bonds. The lowest BCUT2D eigenvalue weighted by Crippen LogP contribution is -2.30. The van der Waals surface area contributed by atoms with Crippen LogP contribution in [0.2, 0.25) is 0 Å². The molecule has 2 heteroatoms. The van der Waals surface area contributed by atoms with Crippen molar-refractivity contribution in [2.24, 2.45) is 0 Å². The summed E-state index contributed by atoms with van der Waals surface area (Å²) in [6.45, 7) is 8.71. The second-order valence-electron chi connectivity index (χ2n) is 4.06. The average Bonchev–Trinajstić information content (AvgIpc) is 2.74. The normalized spacial score (nSPS) is 13.4. The van der Waals surface area contributed by atoms with Crippen LogP contribution in [-0.4, -0.2) is 6.04 Å². The minimum absolute atomic E-state index is 0.315. The summed E-state index contributed by atoms with van der Waals surface area (Å²) in [4.78, 5) is 0. The van der Waals surface area contributed by atoms with E-state index in [1.807, 2.05) is 0 Å². The molecule has 15 heavy (non-hydrogen) atoms. The smallest absolute Gasteiger partial charge is 0.120 e. The summed E-state index contributed by atoms with van der Waals surface area (Å²) in [5.74, 6) is 2.13. The first kappa shape index (κ1) is 12.3. The Morgan fingerprint density at radius 1 is 1.20 bits per heavy atom. The van der Waals surface area contributed by atoms with Crippen molar-refractivity contribution in [3.63, 3.8) is 0 Å². The molecule has 1 aromatic rings. The minimum atomic E-state index is 0.315. The molecule has 1 heterocycles. The van der Waals surface area contributed by atoms with Gasteiger partial charge in [-0.25, -0.2) is 0 Å². The van der Waals surface area contributed by atoms with Crippen LogP contribution in [0.25, 0.3) is 0 Å². The molecule has 0 fully saturated rings. The zero-order chi connectivity index (χ0) is 11.3. The van der Waals surface area contributed by atoms with Gasteiger partial charge in [-0.2, -0.15) is 0 Å². The van der Waals surface area contributed by atoms with E-state index in [0.29, 0.717) is 12.1 Å². The quantitative estimate of drug-likeness (QED) is 0.773. The Bertz CT molecular complexity index is 276. The van der Waals surface area contributed by atoms with Gasteiger partial charge in [0.05, 0.1) is 6.04 Å². The zero-order valence-electron chi connectivity index (χ0n) is 10.3. The molecule has 0 aliphatic rings. The van der Waals surface area contributed by atoms with Gasteiger partial charge in [-0.3, -0.25) is 0 Å². The Balaban J connectivity index is 2.55. The molecule has 0 aliphatic carbocycles. The Morgan fingerprint density at radius 3 is 2.33 bits per heavy atom. The van der Waals surface area contributed by atoms with E-state index in [4.69, 9.17) is 4.42 Å². The molecule has 0 aromatic carbocycles. The summed E-state index contributed by atoms with van der Waals surface area (Å²) < 4.78 is 5.72. The number of aryl methyl sites for hydroxylation is 1. The molecule has 86 valence electrons. The fraction of sp³-hybridized carbons (Fsp3) is 0.692. The molecule has 1 rings (SSSR count). The lowest BCUT2D eigenvalue weighted by Gasteiger charge is -2.19. The van der Waals surface area contributed by atoms with Crippen LogP contribution in [0.1, 0.15) is 58.1 Å². The molecule has 1 N–H and O–H groups in total. The van der Waals surface area contributed by atoms with Crippen molar-refractivity contribution >= 4 is 0 Å². The third-order valence-electron chi connectivity index (χ3n) is 2.93. The molecule has 0 saturated heterocycles. The largest absolute Gasteiger partial charge is 0.464 e. The number of hydrogen-bond donors (Lipinski definition) is 1. The van der Waals surface area contributed by atoms with Crippen LogP contribution in [0.5, 0.6) is 0 Å². The third-order valence-corrected chi connectivity index (χ3v) is 2.93. The lowest BCUT2D eigenvalue weighted by atomic mass is 10.1. The van der Waals surface area contributed by atoms with Gasteiger partial charge in [-0.05, 0) is 31.9 Å². The van der Waals surface area contributed by atoms with Crippen LogP contribution in [-0.2, 0) is 6.42 Å². The van der Waals surface area contributed by atoms with Crippen molar-refractivity contribution in [3.8, 4) is 0 Å². The molecule has 0 aliphatic heterocycles. The van der Waals surface area contributed by atoms with Gasteiger partial charge in [0.25, 0.3) is 0 Å². The van der Waals surface area contributed by atoms with Gasteiger partial charge in [0.1, 0.15) is 11.5 Å². The Morgan fingerprint density at radius 2 is 1.87 bits per heavy atom. The third kappa shape index (κ3) is 3.38. The molecule has 0 saturated carbocycles. The first-order valence-electron chi connectivity index (χ1n) is 6.05. The highest BCUT2D eigenvalue weighted by molar-refractivity contribution is 5.10. The van der Waals surface area contributed by atoms with E-state index in [1.54, 1.807) is 0 Å². The Labute approximate surface area is 93.1 Å². The van der Waals surface area contributed by atoms with E-state index >= 15 is 0 Å². The maximum Gasteiger partial charge on any atom is 0.120 e. The minimum Gasteiger partial charge on any atom is -0.464 e. The van der Waals surface area contributed by atoms with Crippen molar-refractivity contribution in [3.05, 3.63) is 23.7 Å². The predicted molar refractivity (Wildman–Crippen MR) is 64.0 cm³/mol.